The molecule has 0 amide bonds. The zero-order chi connectivity index (χ0) is 23.8. The van der Waals surface area contributed by atoms with Gasteiger partial charge in [-0.1, -0.05) is 0 Å². The second-order valence-electron chi connectivity index (χ2n) is 7.69. The summed E-state index contributed by atoms with van der Waals surface area (Å²) in [6.07, 6.45) is -3.55. The van der Waals surface area contributed by atoms with Crippen molar-refractivity contribution in [1.29, 1.82) is 5.26 Å². The summed E-state index contributed by atoms with van der Waals surface area (Å²) in [5.41, 5.74) is 1.82. The summed E-state index contributed by atoms with van der Waals surface area (Å²) in [6, 6.07) is 12.7. The molecule has 10 heteroatoms. The van der Waals surface area contributed by atoms with Gasteiger partial charge in [0.2, 0.25) is 0 Å². The van der Waals surface area contributed by atoms with Crippen LogP contribution in [0.5, 0.6) is 11.5 Å². The van der Waals surface area contributed by atoms with E-state index in [0.29, 0.717) is 41.7 Å². The van der Waals surface area contributed by atoms with Crippen molar-refractivity contribution in [3.8, 4) is 17.6 Å². The quantitative estimate of drug-likeness (QED) is 0.476. The zero-order valence-electron chi connectivity index (χ0n) is 17.5. The second-order valence-corrected chi connectivity index (χ2v) is 8.49. The maximum atomic E-state index is 12.7. The van der Waals surface area contributed by atoms with Crippen molar-refractivity contribution in [2.24, 2.45) is 7.05 Å². The number of aryl methyl sites for hydroxylation is 1. The fourth-order valence-electron chi connectivity index (χ4n) is 3.98. The summed E-state index contributed by atoms with van der Waals surface area (Å²) in [5, 5.41) is 10.1. The highest BCUT2D eigenvalue weighted by Crippen LogP contribution is 2.35. The summed E-state index contributed by atoms with van der Waals surface area (Å²) in [7, 11) is 1.69. The molecule has 0 saturated carbocycles. The van der Waals surface area contributed by atoms with E-state index in [4.69, 9.17) is 4.74 Å². The minimum atomic E-state index is -4.74. The number of aromatic nitrogens is 1. The van der Waals surface area contributed by atoms with E-state index in [9.17, 15) is 23.2 Å². The lowest BCUT2D eigenvalue weighted by atomic mass is 10.0. The van der Waals surface area contributed by atoms with Crippen molar-refractivity contribution >= 4 is 32.5 Å². The highest BCUT2D eigenvalue weighted by Gasteiger charge is 2.31. The van der Waals surface area contributed by atoms with Crippen molar-refractivity contribution < 1.29 is 22.6 Å². The third-order valence-corrected chi connectivity index (χ3v) is 6.28. The van der Waals surface area contributed by atoms with Crippen molar-refractivity contribution in [1.82, 2.24) is 4.57 Å². The molecule has 1 aliphatic rings. The highest BCUT2D eigenvalue weighted by molar-refractivity contribution is 9.10. The van der Waals surface area contributed by atoms with E-state index >= 15 is 0 Å². The fraction of sp³-hybridized carbons (Fsp3) is 0.304. The Bertz CT molecular complexity index is 1280. The van der Waals surface area contributed by atoms with Gasteiger partial charge >= 0.3 is 6.36 Å². The molecule has 172 valence electrons. The molecule has 0 aliphatic carbocycles. The summed E-state index contributed by atoms with van der Waals surface area (Å²) in [4.78, 5) is 14.8. The van der Waals surface area contributed by atoms with Gasteiger partial charge in [-0.2, -0.15) is 5.26 Å². The first-order chi connectivity index (χ1) is 15.7. The minimum absolute atomic E-state index is 0.123. The molecule has 0 atom stereocenters. The third-order valence-electron chi connectivity index (χ3n) is 5.56. The van der Waals surface area contributed by atoms with E-state index in [-0.39, 0.29) is 17.4 Å². The Balaban J connectivity index is 1.50. The molecule has 0 unspecified atom stereocenters. The number of halogens is 4. The Morgan fingerprint density at radius 1 is 1.09 bits per heavy atom. The number of piperidine rings is 1. The molecule has 33 heavy (non-hydrogen) atoms. The topological polar surface area (TPSA) is 67.5 Å². The van der Waals surface area contributed by atoms with Crippen molar-refractivity contribution in [2.45, 2.75) is 25.3 Å². The summed E-state index contributed by atoms with van der Waals surface area (Å²) in [5.74, 6) is 0.158. The first-order valence-electron chi connectivity index (χ1n) is 10.2. The molecular weight excluding hydrogens is 503 g/mol. The first kappa shape index (κ1) is 23.0. The van der Waals surface area contributed by atoms with Crippen LogP contribution in [-0.2, 0) is 7.05 Å². The van der Waals surface area contributed by atoms with Crippen molar-refractivity contribution in [3.05, 3.63) is 62.9 Å². The molecule has 2 heterocycles. The lowest BCUT2D eigenvalue weighted by molar-refractivity contribution is -0.274. The lowest BCUT2D eigenvalue weighted by Crippen LogP contribution is -2.39. The smallest absolute Gasteiger partial charge is 0.490 e. The van der Waals surface area contributed by atoms with Gasteiger partial charge in [-0.25, -0.2) is 0 Å². The number of hydrogen-bond acceptors (Lipinski definition) is 5. The average molecular weight is 522 g/mol. The van der Waals surface area contributed by atoms with Gasteiger partial charge in [-0.05, 0) is 58.4 Å². The third kappa shape index (κ3) is 4.93. The van der Waals surface area contributed by atoms with Crippen LogP contribution in [0.25, 0.3) is 10.9 Å². The molecule has 0 radical (unpaired) electrons. The van der Waals surface area contributed by atoms with E-state index < -0.39 is 6.36 Å². The van der Waals surface area contributed by atoms with E-state index in [0.717, 1.165) is 16.6 Å². The van der Waals surface area contributed by atoms with E-state index in [1.54, 1.807) is 29.8 Å². The Kier molecular flexibility index (Phi) is 6.26. The Morgan fingerprint density at radius 2 is 1.73 bits per heavy atom. The summed E-state index contributed by atoms with van der Waals surface area (Å²) < 4.78 is 48.7. The number of rotatable bonds is 4. The van der Waals surface area contributed by atoms with Crippen molar-refractivity contribution in [3.63, 3.8) is 0 Å². The molecule has 0 N–H and O–H groups in total. The number of fused-ring (bicyclic) bond motifs is 1. The normalized spacial score (nSPS) is 14.8. The van der Waals surface area contributed by atoms with Crippen molar-refractivity contribution in [2.75, 3.05) is 18.0 Å². The van der Waals surface area contributed by atoms with Crippen LogP contribution in [0.15, 0.2) is 51.7 Å². The molecule has 0 spiro atoms. The van der Waals surface area contributed by atoms with E-state index in [1.807, 2.05) is 0 Å². The molecule has 1 saturated heterocycles. The van der Waals surface area contributed by atoms with Gasteiger partial charge in [0.1, 0.15) is 22.1 Å². The van der Waals surface area contributed by atoms with Crippen LogP contribution in [0.3, 0.4) is 0 Å². The van der Waals surface area contributed by atoms with Crippen LogP contribution in [-0.4, -0.2) is 30.1 Å². The number of nitrogens with zero attached hydrogens (tertiary/aromatic N) is 3. The van der Waals surface area contributed by atoms with E-state index in [1.165, 1.54) is 24.3 Å². The van der Waals surface area contributed by atoms with Gasteiger partial charge in [-0.15, -0.1) is 13.2 Å². The van der Waals surface area contributed by atoms with Gasteiger partial charge in [0.05, 0.1) is 22.8 Å². The average Bonchev–Trinajstić information content (AvgIpc) is 2.79. The molecule has 4 rings (SSSR count). The van der Waals surface area contributed by atoms with E-state index in [2.05, 4.69) is 31.6 Å². The first-order valence-corrected chi connectivity index (χ1v) is 11.0. The molecule has 0 bridgehead atoms. The monoisotopic (exact) mass is 521 g/mol. The minimum Gasteiger partial charge on any atom is -0.490 e. The highest BCUT2D eigenvalue weighted by atomic mass is 79.9. The van der Waals surface area contributed by atoms with Crippen LogP contribution in [0.1, 0.15) is 18.4 Å². The standard InChI is InChI=1S/C23H19BrF3N3O3/c1-29-19-7-2-14(13-28)12-18(19)21(20(24)22(29)31)30-10-8-16(9-11-30)32-15-3-5-17(6-4-15)33-23(25,26)27/h2-7,12,16H,8-11H2,1H3. The predicted molar refractivity (Wildman–Crippen MR) is 121 cm³/mol. The largest absolute Gasteiger partial charge is 0.573 e. The molecule has 1 aliphatic heterocycles. The molecule has 1 aromatic heterocycles. The predicted octanol–water partition coefficient (Wildman–Crippen LogP) is 5.12. The zero-order valence-corrected chi connectivity index (χ0v) is 19.1. The number of nitriles is 1. The van der Waals surface area contributed by atoms with Gasteiger partial charge in [0, 0.05) is 38.4 Å². The molecular formula is C23H19BrF3N3O3. The van der Waals surface area contributed by atoms with Crippen LogP contribution < -0.4 is 19.9 Å². The maximum Gasteiger partial charge on any atom is 0.573 e. The molecule has 1 fully saturated rings. The number of benzene rings is 2. The van der Waals surface area contributed by atoms with Crippen LogP contribution in [0.2, 0.25) is 0 Å². The van der Waals surface area contributed by atoms with Crippen LogP contribution >= 0.6 is 15.9 Å². The van der Waals surface area contributed by atoms with Crippen LogP contribution in [0, 0.1) is 11.3 Å². The Hall–Kier alpha value is -3.19. The maximum absolute atomic E-state index is 12.7. The Morgan fingerprint density at radius 3 is 2.33 bits per heavy atom. The number of alkyl halides is 3. The SMILES string of the molecule is Cn1c(=O)c(Br)c(N2CCC(Oc3ccc(OC(F)(F)F)cc3)CC2)c2cc(C#N)ccc21. The fourth-order valence-corrected chi connectivity index (χ4v) is 4.71. The summed E-state index contributed by atoms with van der Waals surface area (Å²) >= 11 is 3.45. The van der Waals surface area contributed by atoms with Gasteiger partial charge < -0.3 is 18.9 Å². The molecule has 3 aromatic rings. The molecule has 2 aromatic carbocycles. The second kappa shape index (κ2) is 8.98. The Labute approximate surface area is 195 Å². The number of anilines is 1. The lowest BCUT2D eigenvalue weighted by Gasteiger charge is -2.35. The summed E-state index contributed by atoms with van der Waals surface area (Å²) in [6.45, 7) is 1.22. The van der Waals surface area contributed by atoms with Crippen LogP contribution in [0.4, 0.5) is 18.9 Å². The molecule has 6 nitrogen and oxygen atoms in total. The van der Waals surface area contributed by atoms with Gasteiger partial charge in [0.15, 0.2) is 0 Å². The number of hydrogen-bond donors (Lipinski definition) is 0. The van der Waals surface area contributed by atoms with Gasteiger partial charge in [-0.3, -0.25) is 4.79 Å². The number of ether oxygens (including phenoxy) is 2. The number of pyridine rings is 1. The van der Waals surface area contributed by atoms with Gasteiger partial charge in [0.25, 0.3) is 5.56 Å².